The number of hydrogen-bond donors (Lipinski definition) is 1. The lowest BCUT2D eigenvalue weighted by Crippen LogP contribution is -2.47. The predicted octanol–water partition coefficient (Wildman–Crippen LogP) is 4.39. The molecule has 0 aliphatic heterocycles. The van der Waals surface area contributed by atoms with Gasteiger partial charge in [0.05, 0.1) is 5.88 Å². The SMILES string of the molecule is Cc1ccc(OCCCl)cc1CC(NC(=O)OC(C)(C)C)C(=O)OC(C)(C)C. The lowest BCUT2D eigenvalue weighted by Gasteiger charge is -2.26. The van der Waals surface area contributed by atoms with Crippen molar-refractivity contribution in [1.29, 1.82) is 0 Å². The number of ether oxygens (including phenoxy) is 3. The van der Waals surface area contributed by atoms with E-state index in [9.17, 15) is 9.59 Å². The summed E-state index contributed by atoms with van der Waals surface area (Å²) in [7, 11) is 0. The molecule has 0 aliphatic rings. The zero-order chi connectivity index (χ0) is 21.5. The highest BCUT2D eigenvalue weighted by Crippen LogP contribution is 2.20. The molecule has 1 aromatic rings. The average Bonchev–Trinajstić information content (AvgIpc) is 2.51. The molecule has 6 nitrogen and oxygen atoms in total. The number of amides is 1. The summed E-state index contributed by atoms with van der Waals surface area (Å²) in [6.45, 7) is 12.9. The molecule has 1 unspecified atom stereocenters. The number of hydrogen-bond acceptors (Lipinski definition) is 5. The number of carbonyl (C=O) groups excluding carboxylic acids is 2. The summed E-state index contributed by atoms with van der Waals surface area (Å²) in [6.07, 6.45) is -0.423. The second-order valence-corrected chi connectivity index (χ2v) is 8.94. The van der Waals surface area contributed by atoms with Crippen molar-refractivity contribution in [2.45, 2.75) is 72.1 Å². The number of alkyl halides is 1. The van der Waals surface area contributed by atoms with Crippen LogP contribution in [0.5, 0.6) is 5.75 Å². The van der Waals surface area contributed by atoms with Gasteiger partial charge in [-0.25, -0.2) is 9.59 Å². The predicted molar refractivity (Wildman–Crippen MR) is 110 cm³/mol. The summed E-state index contributed by atoms with van der Waals surface area (Å²) >= 11 is 5.67. The summed E-state index contributed by atoms with van der Waals surface area (Å²) in [6, 6.07) is 4.69. The summed E-state index contributed by atoms with van der Waals surface area (Å²) in [5.74, 6) is 0.510. The lowest BCUT2D eigenvalue weighted by molar-refractivity contribution is -0.157. The van der Waals surface area contributed by atoms with Gasteiger partial charge in [0.25, 0.3) is 0 Å². The Hall–Kier alpha value is -1.95. The van der Waals surface area contributed by atoms with Crippen LogP contribution in [-0.4, -0.2) is 41.8 Å². The van der Waals surface area contributed by atoms with Gasteiger partial charge >= 0.3 is 12.1 Å². The van der Waals surface area contributed by atoms with Crippen LogP contribution in [0.3, 0.4) is 0 Å². The fourth-order valence-corrected chi connectivity index (χ4v) is 2.43. The minimum atomic E-state index is -0.893. The van der Waals surface area contributed by atoms with Gasteiger partial charge in [-0.3, -0.25) is 0 Å². The van der Waals surface area contributed by atoms with E-state index >= 15 is 0 Å². The van der Waals surface area contributed by atoms with Crippen molar-refractivity contribution < 1.29 is 23.8 Å². The second-order valence-electron chi connectivity index (χ2n) is 8.56. The first-order valence-electron chi connectivity index (χ1n) is 9.31. The van der Waals surface area contributed by atoms with E-state index < -0.39 is 29.3 Å². The third kappa shape index (κ3) is 9.31. The first-order valence-corrected chi connectivity index (χ1v) is 9.85. The molecule has 0 saturated carbocycles. The van der Waals surface area contributed by atoms with Crippen molar-refractivity contribution in [3.8, 4) is 5.75 Å². The summed E-state index contributed by atoms with van der Waals surface area (Å²) in [4.78, 5) is 24.9. The summed E-state index contributed by atoms with van der Waals surface area (Å²) < 4.78 is 16.3. The van der Waals surface area contributed by atoms with E-state index in [2.05, 4.69) is 5.32 Å². The zero-order valence-corrected chi connectivity index (χ0v) is 18.6. The Morgan fingerprint density at radius 1 is 1.07 bits per heavy atom. The number of halogens is 1. The van der Waals surface area contributed by atoms with Crippen molar-refractivity contribution in [2.75, 3.05) is 12.5 Å². The Labute approximate surface area is 172 Å². The van der Waals surface area contributed by atoms with Crippen LogP contribution in [0.2, 0.25) is 0 Å². The van der Waals surface area contributed by atoms with Crippen LogP contribution in [0.25, 0.3) is 0 Å². The van der Waals surface area contributed by atoms with Crippen molar-refractivity contribution in [3.05, 3.63) is 29.3 Å². The van der Waals surface area contributed by atoms with Gasteiger partial charge in [0, 0.05) is 6.42 Å². The molecule has 28 heavy (non-hydrogen) atoms. The highest BCUT2D eigenvalue weighted by atomic mass is 35.5. The van der Waals surface area contributed by atoms with E-state index in [1.54, 1.807) is 41.5 Å². The number of benzene rings is 1. The van der Waals surface area contributed by atoms with Crippen molar-refractivity contribution in [3.63, 3.8) is 0 Å². The first kappa shape index (κ1) is 24.1. The smallest absolute Gasteiger partial charge is 0.408 e. The van der Waals surface area contributed by atoms with Crippen LogP contribution < -0.4 is 10.1 Å². The highest BCUT2D eigenvalue weighted by molar-refractivity contribution is 6.18. The molecule has 0 aromatic heterocycles. The fraction of sp³-hybridized carbons (Fsp3) is 0.619. The largest absolute Gasteiger partial charge is 0.492 e. The average molecular weight is 414 g/mol. The topological polar surface area (TPSA) is 73.9 Å². The molecule has 0 bridgehead atoms. The van der Waals surface area contributed by atoms with Gasteiger partial charge in [0.1, 0.15) is 29.6 Å². The third-order valence-electron chi connectivity index (χ3n) is 3.47. The van der Waals surface area contributed by atoms with E-state index in [1.807, 2.05) is 25.1 Å². The quantitative estimate of drug-likeness (QED) is 0.530. The number of aryl methyl sites for hydroxylation is 1. The monoisotopic (exact) mass is 413 g/mol. The van der Waals surface area contributed by atoms with Crippen LogP contribution in [-0.2, 0) is 20.7 Å². The molecular weight excluding hydrogens is 382 g/mol. The number of nitrogens with one attached hydrogen (secondary N) is 1. The van der Waals surface area contributed by atoms with Crippen LogP contribution in [0.4, 0.5) is 4.79 Å². The minimum Gasteiger partial charge on any atom is -0.492 e. The molecule has 0 fully saturated rings. The first-order chi connectivity index (χ1) is 12.8. The van der Waals surface area contributed by atoms with Crippen molar-refractivity contribution in [1.82, 2.24) is 5.32 Å². The molecule has 0 saturated heterocycles. The molecule has 0 radical (unpaired) electrons. The van der Waals surface area contributed by atoms with Crippen molar-refractivity contribution >= 4 is 23.7 Å². The standard InChI is InChI=1S/C21H32ClNO5/c1-14-8-9-16(26-11-10-22)12-15(14)13-17(18(24)27-20(2,3)4)23-19(25)28-21(5,6)7/h8-9,12,17H,10-11,13H2,1-7H3,(H,23,25). The number of rotatable bonds is 7. The van der Waals surface area contributed by atoms with Gasteiger partial charge in [-0.15, -0.1) is 11.6 Å². The zero-order valence-electron chi connectivity index (χ0n) is 17.8. The lowest BCUT2D eigenvalue weighted by atomic mass is 10.0. The molecule has 1 aromatic carbocycles. The Bertz CT molecular complexity index is 676. The Morgan fingerprint density at radius 3 is 2.21 bits per heavy atom. The molecule has 158 valence electrons. The van der Waals surface area contributed by atoms with Gasteiger partial charge < -0.3 is 19.5 Å². The van der Waals surface area contributed by atoms with Gasteiger partial charge in [0.2, 0.25) is 0 Å². The van der Waals surface area contributed by atoms with Crippen molar-refractivity contribution in [2.24, 2.45) is 0 Å². The van der Waals surface area contributed by atoms with Crippen LogP contribution >= 0.6 is 11.6 Å². The Kier molecular flexibility index (Phi) is 8.61. The molecule has 1 rings (SSSR count). The van der Waals surface area contributed by atoms with Crippen LogP contribution in [0, 0.1) is 6.92 Å². The molecular formula is C21H32ClNO5. The van der Waals surface area contributed by atoms with Gasteiger partial charge in [-0.2, -0.15) is 0 Å². The molecule has 1 atom stereocenters. The van der Waals surface area contributed by atoms with Crippen LogP contribution in [0.15, 0.2) is 18.2 Å². The van der Waals surface area contributed by atoms with E-state index in [4.69, 9.17) is 25.8 Å². The number of carbonyl (C=O) groups is 2. The van der Waals surface area contributed by atoms with E-state index in [0.717, 1.165) is 11.1 Å². The highest BCUT2D eigenvalue weighted by Gasteiger charge is 2.29. The maximum absolute atomic E-state index is 12.7. The second kappa shape index (κ2) is 10.0. The number of alkyl carbamates (subject to hydrolysis) is 1. The molecule has 7 heteroatoms. The molecule has 0 heterocycles. The molecule has 1 amide bonds. The van der Waals surface area contributed by atoms with E-state index in [0.29, 0.717) is 18.2 Å². The Balaban J connectivity index is 3.04. The Morgan fingerprint density at radius 2 is 1.68 bits per heavy atom. The van der Waals surface area contributed by atoms with Gasteiger partial charge in [-0.05, 0) is 71.7 Å². The normalized spacial score (nSPS) is 12.9. The molecule has 0 spiro atoms. The third-order valence-corrected chi connectivity index (χ3v) is 3.63. The summed E-state index contributed by atoms with van der Waals surface area (Å²) in [5, 5.41) is 2.64. The molecule has 1 N–H and O–H groups in total. The van der Waals surface area contributed by atoms with Gasteiger partial charge in [0.15, 0.2) is 0 Å². The minimum absolute atomic E-state index is 0.248. The summed E-state index contributed by atoms with van der Waals surface area (Å²) in [5.41, 5.74) is 0.482. The fourth-order valence-electron chi connectivity index (χ4n) is 2.35. The number of esters is 1. The maximum atomic E-state index is 12.7. The van der Waals surface area contributed by atoms with E-state index in [1.165, 1.54) is 0 Å². The van der Waals surface area contributed by atoms with E-state index in [-0.39, 0.29) is 6.42 Å². The van der Waals surface area contributed by atoms with Gasteiger partial charge in [-0.1, -0.05) is 6.07 Å². The molecule has 0 aliphatic carbocycles. The van der Waals surface area contributed by atoms with Crippen LogP contribution in [0.1, 0.15) is 52.7 Å². The maximum Gasteiger partial charge on any atom is 0.408 e.